The summed E-state index contributed by atoms with van der Waals surface area (Å²) in [7, 11) is -3.34. The normalized spacial score (nSPS) is 21.0. The van der Waals surface area contributed by atoms with E-state index in [1.165, 1.54) is 0 Å². The molecule has 0 saturated carbocycles. The third-order valence-corrected chi connectivity index (χ3v) is 5.40. The second kappa shape index (κ2) is 6.89. The molecular weight excluding hydrogens is 296 g/mol. The van der Waals surface area contributed by atoms with Gasteiger partial charge in [-0.3, -0.25) is 0 Å². The first-order chi connectivity index (χ1) is 9.47. The molecule has 0 aliphatic carbocycles. The molecule has 4 nitrogen and oxygen atoms in total. The summed E-state index contributed by atoms with van der Waals surface area (Å²) in [5.41, 5.74) is 1.07. The predicted octanol–water partition coefficient (Wildman–Crippen LogP) is 2.45. The molecule has 1 saturated heterocycles. The lowest BCUT2D eigenvalue weighted by Gasteiger charge is -2.29. The van der Waals surface area contributed by atoms with Crippen LogP contribution in [0.2, 0.25) is 5.02 Å². The maximum Gasteiger partial charge on any atom is 0.279 e. The van der Waals surface area contributed by atoms with Gasteiger partial charge in [0.05, 0.1) is 0 Å². The van der Waals surface area contributed by atoms with Crippen LogP contribution in [-0.2, 0) is 16.6 Å². The number of nitrogens with one attached hydrogen (secondary N) is 1. The first-order valence-electron chi connectivity index (χ1n) is 6.96. The Kier molecular flexibility index (Phi) is 5.43. The topological polar surface area (TPSA) is 49.4 Å². The van der Waals surface area contributed by atoms with Crippen molar-refractivity contribution in [2.24, 2.45) is 5.92 Å². The van der Waals surface area contributed by atoms with Crippen LogP contribution in [-0.4, -0.2) is 32.4 Å². The van der Waals surface area contributed by atoms with Crippen LogP contribution in [0.15, 0.2) is 24.3 Å². The van der Waals surface area contributed by atoms with Crippen LogP contribution in [0.4, 0.5) is 0 Å². The van der Waals surface area contributed by atoms with Crippen molar-refractivity contribution >= 4 is 21.8 Å². The van der Waals surface area contributed by atoms with E-state index in [9.17, 15) is 8.42 Å². The van der Waals surface area contributed by atoms with Crippen LogP contribution < -0.4 is 4.72 Å². The Morgan fingerprint density at radius 2 is 2.05 bits per heavy atom. The second-order valence-corrected chi connectivity index (χ2v) is 7.57. The summed E-state index contributed by atoms with van der Waals surface area (Å²) in [5, 5.41) is 0.691. The van der Waals surface area contributed by atoms with E-state index < -0.39 is 10.2 Å². The average molecular weight is 317 g/mol. The zero-order chi connectivity index (χ0) is 14.6. The van der Waals surface area contributed by atoms with Crippen molar-refractivity contribution in [1.82, 2.24) is 9.03 Å². The van der Waals surface area contributed by atoms with Crippen LogP contribution in [0.25, 0.3) is 0 Å². The fourth-order valence-corrected chi connectivity index (χ4v) is 3.92. The number of halogens is 1. The Morgan fingerprint density at radius 3 is 2.70 bits per heavy atom. The number of hydrogen-bond donors (Lipinski definition) is 1. The Labute approximate surface area is 126 Å². The Balaban J connectivity index is 1.84. The molecule has 0 radical (unpaired) electrons. The van der Waals surface area contributed by atoms with Gasteiger partial charge >= 0.3 is 0 Å². The minimum Gasteiger partial charge on any atom is -0.202 e. The van der Waals surface area contributed by atoms with Crippen molar-refractivity contribution in [2.45, 2.75) is 26.2 Å². The molecule has 0 bridgehead atoms. The van der Waals surface area contributed by atoms with Crippen LogP contribution in [0, 0.1) is 5.92 Å². The molecule has 1 heterocycles. The van der Waals surface area contributed by atoms with Crippen molar-refractivity contribution in [2.75, 3.05) is 19.6 Å². The summed E-state index contributed by atoms with van der Waals surface area (Å²) in [5.74, 6) is 0.441. The predicted molar refractivity (Wildman–Crippen MR) is 82.0 cm³/mol. The second-order valence-electron chi connectivity index (χ2n) is 5.38. The molecule has 0 amide bonds. The summed E-state index contributed by atoms with van der Waals surface area (Å²) in [6.07, 6.45) is 2.72. The van der Waals surface area contributed by atoms with Crippen LogP contribution in [0.1, 0.15) is 25.3 Å². The van der Waals surface area contributed by atoms with E-state index in [4.69, 9.17) is 11.6 Å². The molecule has 1 aromatic rings. The first-order valence-corrected chi connectivity index (χ1v) is 8.78. The van der Waals surface area contributed by atoms with E-state index in [0.29, 0.717) is 37.0 Å². The van der Waals surface area contributed by atoms with Crippen molar-refractivity contribution in [3.8, 4) is 0 Å². The largest absolute Gasteiger partial charge is 0.279 e. The monoisotopic (exact) mass is 316 g/mol. The molecule has 6 heteroatoms. The molecule has 1 fully saturated rings. The minimum absolute atomic E-state index is 0.412. The van der Waals surface area contributed by atoms with Gasteiger partial charge in [0.15, 0.2) is 0 Å². The van der Waals surface area contributed by atoms with Crippen LogP contribution >= 0.6 is 11.6 Å². The van der Waals surface area contributed by atoms with Gasteiger partial charge in [-0.1, -0.05) is 30.7 Å². The summed E-state index contributed by atoms with van der Waals surface area (Å²) in [6.45, 7) is 3.75. The van der Waals surface area contributed by atoms with Gasteiger partial charge in [0.2, 0.25) is 0 Å². The molecule has 0 aromatic heterocycles. The Morgan fingerprint density at radius 1 is 1.35 bits per heavy atom. The van der Waals surface area contributed by atoms with Crippen molar-refractivity contribution in [3.05, 3.63) is 34.9 Å². The molecule has 1 aliphatic rings. The van der Waals surface area contributed by atoms with E-state index in [1.807, 2.05) is 24.3 Å². The molecule has 1 aliphatic heterocycles. The standard InChI is InChI=1S/C14H21ClN2O2S/c1-12-3-2-10-17(11-12)20(18,19)16-9-8-13-4-6-14(15)7-5-13/h4-7,12,16H,2-3,8-11H2,1H3/t12-/m0/s1. The molecule has 1 atom stereocenters. The molecule has 1 aromatic carbocycles. The minimum atomic E-state index is -3.34. The molecule has 0 spiro atoms. The number of nitrogens with zero attached hydrogens (tertiary/aromatic N) is 1. The molecule has 20 heavy (non-hydrogen) atoms. The van der Waals surface area contributed by atoms with E-state index in [1.54, 1.807) is 4.31 Å². The molecule has 2 rings (SSSR count). The number of benzene rings is 1. The first kappa shape index (κ1) is 15.8. The van der Waals surface area contributed by atoms with Gasteiger partial charge in [-0.05, 0) is 42.9 Å². The van der Waals surface area contributed by atoms with E-state index in [2.05, 4.69) is 11.6 Å². The summed E-state index contributed by atoms with van der Waals surface area (Å²) in [4.78, 5) is 0. The van der Waals surface area contributed by atoms with Gasteiger partial charge in [-0.2, -0.15) is 12.7 Å². The maximum atomic E-state index is 12.2. The zero-order valence-corrected chi connectivity index (χ0v) is 13.3. The van der Waals surface area contributed by atoms with Crippen LogP contribution in [0.3, 0.4) is 0 Å². The number of hydrogen-bond acceptors (Lipinski definition) is 2. The van der Waals surface area contributed by atoms with Crippen LogP contribution in [0.5, 0.6) is 0 Å². The lowest BCUT2D eigenvalue weighted by molar-refractivity contribution is 0.278. The number of piperidine rings is 1. The molecule has 1 N–H and O–H groups in total. The van der Waals surface area contributed by atoms with Crippen molar-refractivity contribution in [3.63, 3.8) is 0 Å². The molecule has 112 valence electrons. The van der Waals surface area contributed by atoms with Crippen molar-refractivity contribution < 1.29 is 8.42 Å². The van der Waals surface area contributed by atoms with Gasteiger partial charge in [-0.25, -0.2) is 4.72 Å². The highest BCUT2D eigenvalue weighted by Gasteiger charge is 2.26. The fraction of sp³-hybridized carbons (Fsp3) is 0.571. The SMILES string of the molecule is C[C@H]1CCCN(S(=O)(=O)NCCc2ccc(Cl)cc2)C1. The third-order valence-electron chi connectivity index (χ3n) is 3.57. The smallest absolute Gasteiger partial charge is 0.202 e. The lowest BCUT2D eigenvalue weighted by Crippen LogP contribution is -2.46. The van der Waals surface area contributed by atoms with Crippen molar-refractivity contribution in [1.29, 1.82) is 0 Å². The highest BCUT2D eigenvalue weighted by Crippen LogP contribution is 2.17. The van der Waals surface area contributed by atoms with Gasteiger partial charge in [0.1, 0.15) is 0 Å². The van der Waals surface area contributed by atoms with E-state index >= 15 is 0 Å². The van der Waals surface area contributed by atoms with Gasteiger partial charge in [-0.15, -0.1) is 0 Å². The quantitative estimate of drug-likeness (QED) is 0.907. The highest BCUT2D eigenvalue weighted by atomic mass is 35.5. The maximum absolute atomic E-state index is 12.2. The lowest BCUT2D eigenvalue weighted by atomic mass is 10.0. The highest BCUT2D eigenvalue weighted by molar-refractivity contribution is 7.87. The Hall–Kier alpha value is -0.620. The summed E-state index contributed by atoms with van der Waals surface area (Å²) in [6, 6.07) is 7.47. The Bertz CT molecular complexity index is 531. The van der Waals surface area contributed by atoms with E-state index in [0.717, 1.165) is 18.4 Å². The molecular formula is C14H21ClN2O2S. The number of rotatable bonds is 5. The third kappa shape index (κ3) is 4.45. The zero-order valence-electron chi connectivity index (χ0n) is 11.7. The fourth-order valence-electron chi connectivity index (χ4n) is 2.43. The van der Waals surface area contributed by atoms with Gasteiger partial charge in [0.25, 0.3) is 10.2 Å². The summed E-state index contributed by atoms with van der Waals surface area (Å²) >= 11 is 5.82. The van der Waals surface area contributed by atoms with Gasteiger partial charge < -0.3 is 0 Å². The molecule has 0 unspecified atom stereocenters. The average Bonchev–Trinajstić information content (AvgIpc) is 2.41. The van der Waals surface area contributed by atoms with E-state index in [-0.39, 0.29) is 0 Å². The summed E-state index contributed by atoms with van der Waals surface area (Å²) < 4.78 is 28.6. The van der Waals surface area contributed by atoms with Gasteiger partial charge in [0, 0.05) is 24.7 Å².